The van der Waals surface area contributed by atoms with Crippen molar-refractivity contribution in [2.24, 2.45) is 9.98 Å². The second-order valence-electron chi connectivity index (χ2n) is 6.59. The Hall–Kier alpha value is -3.48. The Bertz CT molecular complexity index is 1040. The predicted octanol–water partition coefficient (Wildman–Crippen LogP) is 3.66. The first-order chi connectivity index (χ1) is 13.7. The van der Waals surface area contributed by atoms with Gasteiger partial charge in [-0.15, -0.1) is 0 Å². The van der Waals surface area contributed by atoms with E-state index in [1.807, 2.05) is 62.4 Å². The van der Waals surface area contributed by atoms with Crippen molar-refractivity contribution >= 4 is 17.5 Å². The Kier molecular flexibility index (Phi) is 4.89. The van der Waals surface area contributed by atoms with Gasteiger partial charge in [0.1, 0.15) is 12.0 Å². The quantitative estimate of drug-likeness (QED) is 0.659. The molecule has 28 heavy (non-hydrogen) atoms. The third-order valence-electron chi connectivity index (χ3n) is 4.21. The standard InChI is InChI=1S/C21H21N5O2/c1-14(2)28-17-10-9-16(11-18(17)27-3)19-20(26-21(25-19)23-13-24-26)22-12-15-7-5-4-6-8-15/h4-11,13-14H,12H2,1-3H3. The number of ether oxygens (including phenoxy) is 2. The van der Waals surface area contributed by atoms with Crippen molar-refractivity contribution in [3.63, 3.8) is 0 Å². The molecule has 0 aliphatic carbocycles. The highest BCUT2D eigenvalue weighted by Crippen LogP contribution is 2.31. The number of nitrogens with zero attached hydrogens (tertiary/aromatic N) is 5. The van der Waals surface area contributed by atoms with E-state index >= 15 is 0 Å². The number of benzene rings is 2. The van der Waals surface area contributed by atoms with Crippen molar-refractivity contribution in [3.05, 3.63) is 66.0 Å². The second kappa shape index (κ2) is 7.64. The van der Waals surface area contributed by atoms with Gasteiger partial charge in [-0.2, -0.15) is 14.8 Å². The van der Waals surface area contributed by atoms with Crippen molar-refractivity contribution in [2.45, 2.75) is 26.5 Å². The lowest BCUT2D eigenvalue weighted by Gasteiger charge is -2.14. The maximum Gasteiger partial charge on any atom is 0.254 e. The third-order valence-corrected chi connectivity index (χ3v) is 4.21. The summed E-state index contributed by atoms with van der Waals surface area (Å²) in [6.07, 6.45) is 1.54. The Morgan fingerprint density at radius 1 is 1.07 bits per heavy atom. The zero-order valence-corrected chi connectivity index (χ0v) is 16.0. The first-order valence-electron chi connectivity index (χ1n) is 9.08. The van der Waals surface area contributed by atoms with Crippen molar-refractivity contribution in [1.29, 1.82) is 0 Å². The van der Waals surface area contributed by atoms with E-state index in [0.29, 0.717) is 35.5 Å². The fourth-order valence-corrected chi connectivity index (χ4v) is 2.96. The summed E-state index contributed by atoms with van der Waals surface area (Å²) in [4.78, 5) is 13.6. The molecule has 7 nitrogen and oxygen atoms in total. The molecule has 2 aromatic carbocycles. The molecule has 0 unspecified atom stereocenters. The van der Waals surface area contributed by atoms with Gasteiger partial charge in [0.05, 0.1) is 19.8 Å². The molecule has 0 fully saturated rings. The van der Waals surface area contributed by atoms with Gasteiger partial charge in [0.2, 0.25) is 0 Å². The molecule has 0 saturated carbocycles. The van der Waals surface area contributed by atoms with E-state index < -0.39 is 0 Å². The minimum absolute atomic E-state index is 0.0562. The summed E-state index contributed by atoms with van der Waals surface area (Å²) >= 11 is 0. The number of rotatable bonds is 6. The largest absolute Gasteiger partial charge is 0.493 e. The highest BCUT2D eigenvalue weighted by Gasteiger charge is 2.26. The topological polar surface area (TPSA) is 73.9 Å². The Labute approximate surface area is 163 Å². The Balaban J connectivity index is 1.70. The molecular formula is C21H21N5O2. The van der Waals surface area contributed by atoms with Gasteiger partial charge >= 0.3 is 0 Å². The first-order valence-corrected chi connectivity index (χ1v) is 9.08. The maximum absolute atomic E-state index is 5.81. The van der Waals surface area contributed by atoms with Crippen LogP contribution < -0.4 is 9.47 Å². The minimum atomic E-state index is 0.0562. The monoisotopic (exact) mass is 375 g/mol. The van der Waals surface area contributed by atoms with Gasteiger partial charge in [0.15, 0.2) is 17.3 Å². The molecule has 0 atom stereocenters. The molecule has 1 aromatic heterocycles. The van der Waals surface area contributed by atoms with Crippen LogP contribution in [0.5, 0.6) is 11.5 Å². The first kappa shape index (κ1) is 17.9. The van der Waals surface area contributed by atoms with Crippen LogP contribution in [0.4, 0.5) is 5.95 Å². The number of hydrogen-bond acceptors (Lipinski definition) is 6. The number of fused-ring (bicyclic) bond motifs is 1. The third kappa shape index (κ3) is 3.51. The molecule has 0 radical (unpaired) electrons. The Morgan fingerprint density at radius 2 is 1.89 bits per heavy atom. The van der Waals surface area contributed by atoms with E-state index in [9.17, 15) is 0 Å². The highest BCUT2D eigenvalue weighted by atomic mass is 16.5. The molecule has 1 aliphatic heterocycles. The van der Waals surface area contributed by atoms with Gasteiger partial charge in [0, 0.05) is 5.56 Å². The van der Waals surface area contributed by atoms with Crippen LogP contribution in [0.1, 0.15) is 25.0 Å². The van der Waals surface area contributed by atoms with Gasteiger partial charge in [-0.25, -0.2) is 4.99 Å². The van der Waals surface area contributed by atoms with Crippen LogP contribution in [0.15, 0.2) is 64.8 Å². The van der Waals surface area contributed by atoms with Gasteiger partial charge in [-0.1, -0.05) is 30.3 Å². The molecule has 3 aromatic rings. The van der Waals surface area contributed by atoms with Crippen molar-refractivity contribution in [3.8, 4) is 11.5 Å². The normalized spacial score (nSPS) is 14.3. The van der Waals surface area contributed by atoms with E-state index in [1.54, 1.807) is 11.8 Å². The number of aromatic nitrogens is 3. The molecule has 142 valence electrons. The van der Waals surface area contributed by atoms with Crippen molar-refractivity contribution < 1.29 is 9.47 Å². The molecule has 2 heterocycles. The number of aliphatic imine (C=N–C) groups is 2. The van der Waals surface area contributed by atoms with Gasteiger partial charge in [-0.05, 0) is 37.6 Å². The summed E-state index contributed by atoms with van der Waals surface area (Å²) in [5.74, 6) is 2.52. The van der Waals surface area contributed by atoms with Crippen molar-refractivity contribution in [2.75, 3.05) is 7.11 Å². The average molecular weight is 375 g/mol. The summed E-state index contributed by atoms with van der Waals surface area (Å²) in [6.45, 7) is 4.49. The molecule has 0 N–H and O–H groups in total. The van der Waals surface area contributed by atoms with Crippen LogP contribution >= 0.6 is 0 Å². The summed E-state index contributed by atoms with van der Waals surface area (Å²) in [5, 5.41) is 4.27. The molecule has 0 spiro atoms. The fraction of sp³-hybridized carbons (Fsp3) is 0.238. The molecule has 7 heteroatoms. The lowest BCUT2D eigenvalue weighted by molar-refractivity contribution is 0.230. The van der Waals surface area contributed by atoms with Crippen LogP contribution in [0.2, 0.25) is 0 Å². The van der Waals surface area contributed by atoms with E-state index in [2.05, 4.69) is 15.1 Å². The van der Waals surface area contributed by atoms with E-state index in [-0.39, 0.29) is 6.10 Å². The van der Waals surface area contributed by atoms with Gasteiger partial charge < -0.3 is 9.47 Å². The second-order valence-corrected chi connectivity index (χ2v) is 6.59. The molecule has 0 amide bonds. The Morgan fingerprint density at radius 3 is 2.64 bits per heavy atom. The molecule has 1 aliphatic rings. The fourth-order valence-electron chi connectivity index (χ4n) is 2.96. The molecular weight excluding hydrogens is 354 g/mol. The SMILES string of the molecule is COc1cc(C2=Nc3ncnn3C2=NCc2ccccc2)ccc1OC(C)C. The number of methoxy groups -OCH3 is 1. The molecule has 4 rings (SSSR count). The predicted molar refractivity (Wildman–Crippen MR) is 108 cm³/mol. The lowest BCUT2D eigenvalue weighted by Crippen LogP contribution is -2.20. The van der Waals surface area contributed by atoms with Crippen LogP contribution in [-0.2, 0) is 6.54 Å². The van der Waals surface area contributed by atoms with E-state index in [4.69, 9.17) is 14.5 Å². The maximum atomic E-state index is 5.81. The van der Waals surface area contributed by atoms with E-state index in [0.717, 1.165) is 11.1 Å². The van der Waals surface area contributed by atoms with Gasteiger partial charge in [0.25, 0.3) is 5.95 Å². The summed E-state index contributed by atoms with van der Waals surface area (Å²) in [6, 6.07) is 15.8. The summed E-state index contributed by atoms with van der Waals surface area (Å²) in [5.41, 5.74) is 2.69. The van der Waals surface area contributed by atoms with Crippen LogP contribution in [0, 0.1) is 0 Å². The van der Waals surface area contributed by atoms with Crippen molar-refractivity contribution in [1.82, 2.24) is 14.8 Å². The average Bonchev–Trinajstić information content (AvgIpc) is 3.29. The number of hydrogen-bond donors (Lipinski definition) is 0. The summed E-state index contributed by atoms with van der Waals surface area (Å²) < 4.78 is 13.0. The highest BCUT2D eigenvalue weighted by molar-refractivity contribution is 6.50. The van der Waals surface area contributed by atoms with Gasteiger partial charge in [-0.3, -0.25) is 4.99 Å². The minimum Gasteiger partial charge on any atom is -0.493 e. The zero-order valence-electron chi connectivity index (χ0n) is 16.0. The van der Waals surface area contributed by atoms with Crippen LogP contribution in [0.25, 0.3) is 0 Å². The zero-order chi connectivity index (χ0) is 19.5. The van der Waals surface area contributed by atoms with Crippen LogP contribution in [0.3, 0.4) is 0 Å². The summed E-state index contributed by atoms with van der Waals surface area (Å²) in [7, 11) is 1.62. The van der Waals surface area contributed by atoms with E-state index in [1.165, 1.54) is 6.33 Å². The lowest BCUT2D eigenvalue weighted by atomic mass is 10.1. The van der Waals surface area contributed by atoms with Crippen LogP contribution in [-0.4, -0.2) is 39.5 Å². The molecule has 0 bridgehead atoms. The molecule has 0 saturated heterocycles. The smallest absolute Gasteiger partial charge is 0.254 e.